The van der Waals surface area contributed by atoms with E-state index >= 15 is 0 Å². The topological polar surface area (TPSA) is 59.6 Å². The average molecular weight is 576 g/mol. The van der Waals surface area contributed by atoms with E-state index in [1.807, 2.05) is 59.5 Å². The highest BCUT2D eigenvalue weighted by Gasteiger charge is 2.40. The number of halogens is 6. The van der Waals surface area contributed by atoms with E-state index in [9.17, 15) is 36.2 Å². The fraction of sp³-hybridized carbons (Fsp3) is 0.300. The molecule has 216 valence electrons. The first-order valence-electron chi connectivity index (χ1n) is 13.0. The zero-order valence-corrected chi connectivity index (χ0v) is 21.7. The smallest absolute Gasteiger partial charge is 0.394 e. The molecule has 5 rings (SSSR count). The van der Waals surface area contributed by atoms with Crippen molar-refractivity contribution in [3.63, 3.8) is 0 Å². The van der Waals surface area contributed by atoms with Crippen molar-refractivity contribution >= 4 is 16.8 Å². The molecule has 1 saturated heterocycles. The van der Waals surface area contributed by atoms with Crippen molar-refractivity contribution in [2.45, 2.75) is 30.9 Å². The minimum atomic E-state index is -5.07. The van der Waals surface area contributed by atoms with Crippen LogP contribution in [0.5, 0.6) is 0 Å². The number of H-pyrrole nitrogens is 1. The maximum Gasteiger partial charge on any atom is 0.416 e. The number of para-hydroxylation sites is 1. The molecule has 2 heterocycles. The van der Waals surface area contributed by atoms with Crippen LogP contribution < -0.4 is 0 Å². The molecule has 0 saturated carbocycles. The van der Waals surface area contributed by atoms with E-state index in [-0.39, 0.29) is 32.3 Å². The number of piperazine rings is 1. The maximum absolute atomic E-state index is 13.7. The van der Waals surface area contributed by atoms with Crippen molar-refractivity contribution in [2.75, 3.05) is 26.2 Å². The van der Waals surface area contributed by atoms with Gasteiger partial charge in [-0.15, -0.1) is 0 Å². The first kappa shape index (κ1) is 28.7. The van der Waals surface area contributed by atoms with Crippen LogP contribution in [-0.2, 0) is 18.8 Å². The molecule has 2 atom stereocenters. The number of fused-ring (bicyclic) bond motifs is 1. The van der Waals surface area contributed by atoms with E-state index in [0.29, 0.717) is 18.6 Å². The van der Waals surface area contributed by atoms with Gasteiger partial charge in [-0.1, -0.05) is 48.5 Å². The number of alkyl halides is 6. The minimum Gasteiger partial charge on any atom is -0.394 e. The monoisotopic (exact) mass is 575 g/mol. The third-order valence-corrected chi connectivity index (χ3v) is 7.54. The molecule has 0 unspecified atom stereocenters. The molecule has 1 amide bonds. The molecule has 2 N–H and O–H groups in total. The van der Waals surface area contributed by atoms with Crippen molar-refractivity contribution in [1.29, 1.82) is 0 Å². The van der Waals surface area contributed by atoms with Crippen molar-refractivity contribution < 1.29 is 36.2 Å². The molecule has 41 heavy (non-hydrogen) atoms. The van der Waals surface area contributed by atoms with Gasteiger partial charge in [0.1, 0.15) is 0 Å². The van der Waals surface area contributed by atoms with Crippen molar-refractivity contribution in [2.24, 2.45) is 0 Å². The number of benzene rings is 3. The molecule has 4 aromatic rings. The summed E-state index contributed by atoms with van der Waals surface area (Å²) in [5.74, 6) is -0.911. The molecule has 0 bridgehead atoms. The summed E-state index contributed by atoms with van der Waals surface area (Å²) in [5, 5.41) is 11.1. The van der Waals surface area contributed by atoms with Crippen LogP contribution >= 0.6 is 0 Å². The van der Waals surface area contributed by atoms with Gasteiger partial charge in [0, 0.05) is 48.3 Å². The van der Waals surface area contributed by atoms with E-state index in [1.165, 1.54) is 4.90 Å². The highest BCUT2D eigenvalue weighted by molar-refractivity contribution is 5.95. The third-order valence-electron chi connectivity index (χ3n) is 7.54. The minimum absolute atomic E-state index is 0.0177. The second-order valence-corrected chi connectivity index (χ2v) is 10.1. The molecule has 1 aliphatic heterocycles. The Morgan fingerprint density at radius 1 is 0.902 bits per heavy atom. The lowest BCUT2D eigenvalue weighted by Gasteiger charge is -2.44. The van der Waals surface area contributed by atoms with Crippen LogP contribution in [0.2, 0.25) is 0 Å². The summed E-state index contributed by atoms with van der Waals surface area (Å²) in [6.07, 6.45) is -8.05. The Morgan fingerprint density at radius 2 is 1.54 bits per heavy atom. The van der Waals surface area contributed by atoms with Gasteiger partial charge in [0.25, 0.3) is 5.91 Å². The molecular weight excluding hydrogens is 548 g/mol. The first-order valence-corrected chi connectivity index (χ1v) is 13.0. The number of nitrogens with one attached hydrogen (secondary N) is 1. The summed E-state index contributed by atoms with van der Waals surface area (Å²) < 4.78 is 81.2. The van der Waals surface area contributed by atoms with Crippen LogP contribution in [0.15, 0.2) is 79.0 Å². The summed E-state index contributed by atoms with van der Waals surface area (Å²) in [4.78, 5) is 20.2. The Hall–Kier alpha value is -3.83. The third kappa shape index (κ3) is 6.11. The quantitative estimate of drug-likeness (QED) is 0.265. The number of hydrogen-bond donors (Lipinski definition) is 2. The summed E-state index contributed by atoms with van der Waals surface area (Å²) in [5.41, 5.74) is -1.18. The second-order valence-electron chi connectivity index (χ2n) is 10.1. The van der Waals surface area contributed by atoms with E-state index in [1.54, 1.807) is 6.20 Å². The Labute approximate surface area is 232 Å². The van der Waals surface area contributed by atoms with Gasteiger partial charge < -0.3 is 15.0 Å². The standard InChI is InChI=1S/C30H27F6N3O2/c31-29(32,33)22-12-20(13-23(15-22)30(34,35)36)28(41)39-11-10-38(27(18-40)19-6-2-1-3-7-19)17-24(39)14-21-16-37-26-9-5-4-8-25(21)26/h1-9,12-13,15-16,24,27,37,40H,10-11,14,17-18H2/t24-,27+/m1/s1. The number of aromatic nitrogens is 1. The van der Waals surface area contributed by atoms with E-state index in [2.05, 4.69) is 4.98 Å². The molecule has 1 fully saturated rings. The normalized spacial score (nSPS) is 17.6. The van der Waals surface area contributed by atoms with Gasteiger partial charge in [-0.25, -0.2) is 0 Å². The number of rotatable bonds is 6. The Bertz CT molecular complexity index is 1480. The van der Waals surface area contributed by atoms with Crippen molar-refractivity contribution in [1.82, 2.24) is 14.8 Å². The van der Waals surface area contributed by atoms with Crippen LogP contribution in [0.1, 0.15) is 38.7 Å². The molecular formula is C30H27F6N3O2. The van der Waals surface area contributed by atoms with E-state index in [0.717, 1.165) is 22.0 Å². The Kier molecular flexibility index (Phi) is 7.85. The SMILES string of the molecule is O=C(c1cc(C(F)(F)F)cc(C(F)(F)F)c1)N1CCN([C@@H](CO)c2ccccc2)C[C@H]1Cc1c[nH]c2ccccc12. The summed E-state index contributed by atoms with van der Waals surface area (Å²) in [6.45, 7) is 0.352. The molecule has 0 radical (unpaired) electrons. The molecule has 11 heteroatoms. The summed E-state index contributed by atoms with van der Waals surface area (Å²) >= 11 is 0. The number of nitrogens with zero attached hydrogens (tertiary/aromatic N) is 2. The van der Waals surface area contributed by atoms with Crippen LogP contribution in [0.4, 0.5) is 26.3 Å². The lowest BCUT2D eigenvalue weighted by molar-refractivity contribution is -0.143. The second kappa shape index (κ2) is 11.2. The van der Waals surface area contributed by atoms with Crippen molar-refractivity contribution in [3.8, 4) is 0 Å². The molecule has 1 aliphatic rings. The molecule has 1 aromatic heterocycles. The lowest BCUT2D eigenvalue weighted by atomic mass is 9.97. The fourth-order valence-corrected chi connectivity index (χ4v) is 5.51. The van der Waals surface area contributed by atoms with Crippen LogP contribution in [0.3, 0.4) is 0 Å². The Morgan fingerprint density at radius 3 is 2.17 bits per heavy atom. The number of carbonyl (C=O) groups is 1. The van der Waals surface area contributed by atoms with Crippen LogP contribution in [-0.4, -0.2) is 58.1 Å². The number of aliphatic hydroxyl groups is 1. The van der Waals surface area contributed by atoms with Gasteiger partial charge in [-0.2, -0.15) is 26.3 Å². The lowest BCUT2D eigenvalue weighted by Crippen LogP contribution is -2.57. The highest BCUT2D eigenvalue weighted by atomic mass is 19.4. The molecule has 0 spiro atoms. The van der Waals surface area contributed by atoms with E-state index in [4.69, 9.17) is 0 Å². The van der Waals surface area contributed by atoms with Gasteiger partial charge >= 0.3 is 12.4 Å². The Balaban J connectivity index is 1.52. The van der Waals surface area contributed by atoms with Gasteiger partial charge in [0.15, 0.2) is 0 Å². The molecule has 0 aliphatic carbocycles. The highest BCUT2D eigenvalue weighted by Crippen LogP contribution is 2.37. The molecule has 5 nitrogen and oxygen atoms in total. The van der Waals surface area contributed by atoms with E-state index < -0.39 is 47.0 Å². The van der Waals surface area contributed by atoms with Crippen LogP contribution in [0.25, 0.3) is 10.9 Å². The van der Waals surface area contributed by atoms with Gasteiger partial charge in [0.05, 0.1) is 23.8 Å². The predicted molar refractivity (Wildman–Crippen MR) is 141 cm³/mol. The largest absolute Gasteiger partial charge is 0.416 e. The van der Waals surface area contributed by atoms with Gasteiger partial charge in [-0.3, -0.25) is 9.69 Å². The number of aromatic amines is 1. The molecule has 3 aromatic carbocycles. The maximum atomic E-state index is 13.7. The van der Waals surface area contributed by atoms with Crippen molar-refractivity contribution in [3.05, 3.63) is 107 Å². The van der Waals surface area contributed by atoms with Gasteiger partial charge in [-0.05, 0) is 41.8 Å². The zero-order chi connectivity index (χ0) is 29.4. The zero-order valence-electron chi connectivity index (χ0n) is 21.7. The van der Waals surface area contributed by atoms with Crippen LogP contribution in [0, 0.1) is 0 Å². The summed E-state index contributed by atoms with van der Waals surface area (Å²) in [7, 11) is 0. The first-order chi connectivity index (χ1) is 19.5. The number of aliphatic hydroxyl groups excluding tert-OH is 1. The fourth-order valence-electron chi connectivity index (χ4n) is 5.51. The number of hydrogen-bond acceptors (Lipinski definition) is 3. The van der Waals surface area contributed by atoms with Gasteiger partial charge in [0.2, 0.25) is 0 Å². The number of carbonyl (C=O) groups excluding carboxylic acids is 1. The average Bonchev–Trinajstić information content (AvgIpc) is 3.35. The summed E-state index contributed by atoms with van der Waals surface area (Å²) in [6, 6.07) is 16.7. The predicted octanol–water partition coefficient (Wildman–Crippen LogP) is 6.31. The number of amides is 1.